The molecule has 6 aromatic rings. The summed E-state index contributed by atoms with van der Waals surface area (Å²) in [6, 6.07) is 32.2. The first kappa shape index (κ1) is 30.9. The molecule has 0 aliphatic carbocycles. The molecule has 6 nitrogen and oxygen atoms in total. The Hall–Kier alpha value is -4.15. The maximum absolute atomic E-state index is 6.33. The zero-order valence-corrected chi connectivity index (χ0v) is 28.9. The second kappa shape index (κ2) is 11.3. The number of nitrogens with zero attached hydrogens (tertiary/aromatic N) is 5. The van der Waals surface area contributed by atoms with Crippen LogP contribution in [-0.2, 0) is 31.9 Å². The molecule has 4 heterocycles. The predicted molar refractivity (Wildman–Crippen MR) is 179 cm³/mol. The minimum absolute atomic E-state index is 0. The smallest absolute Gasteiger partial charge is 0.135 e. The zero-order chi connectivity index (χ0) is 30.8. The van der Waals surface area contributed by atoms with Gasteiger partial charge in [0.2, 0.25) is 0 Å². The fourth-order valence-corrected chi connectivity index (χ4v) is 5.81. The van der Waals surface area contributed by atoms with E-state index in [9.17, 15) is 0 Å². The number of rotatable bonds is 4. The molecule has 3 aromatic carbocycles. The summed E-state index contributed by atoms with van der Waals surface area (Å²) in [5.41, 5.74) is 7.56. The van der Waals surface area contributed by atoms with E-state index in [1.807, 2.05) is 44.2 Å². The molecule has 7 rings (SSSR count). The third-order valence-electron chi connectivity index (χ3n) is 8.29. The number of para-hydroxylation sites is 2. The number of hydrogen-bond acceptors (Lipinski definition) is 5. The van der Waals surface area contributed by atoms with E-state index in [0.29, 0.717) is 11.6 Å². The molecule has 0 fully saturated rings. The van der Waals surface area contributed by atoms with Crippen LogP contribution in [0.15, 0.2) is 85.2 Å². The molecule has 3 aromatic heterocycles. The third-order valence-corrected chi connectivity index (χ3v) is 8.29. The van der Waals surface area contributed by atoms with E-state index < -0.39 is 0 Å². The minimum Gasteiger partial charge on any atom is -0.504 e. The maximum Gasteiger partial charge on any atom is 0.135 e. The van der Waals surface area contributed by atoms with E-state index in [2.05, 4.69) is 122 Å². The van der Waals surface area contributed by atoms with Crippen molar-refractivity contribution in [2.75, 3.05) is 16.8 Å². The fourth-order valence-electron chi connectivity index (χ4n) is 5.81. The zero-order valence-electron chi connectivity index (χ0n) is 26.6. The van der Waals surface area contributed by atoms with E-state index in [1.54, 1.807) is 6.20 Å². The standard InChI is InChI=1S/C38H36N5O.Pt/c1-37(2,3)25-12-15-31-30(20-25)29-14-13-28(23-34(29)43(31)35-21-26(16-18-39-35)38(4,5)6)44-36-22-27(17-19-40-36)42-24-41(7)32-10-8-9-11-33(32)42;/h8-21,24H,1-7H3;/q-3;. The Bertz CT molecular complexity index is 2040. The van der Waals surface area contributed by atoms with Crippen molar-refractivity contribution in [1.82, 2.24) is 14.5 Å². The van der Waals surface area contributed by atoms with Crippen LogP contribution in [0, 0.1) is 18.8 Å². The van der Waals surface area contributed by atoms with Crippen molar-refractivity contribution in [3.63, 3.8) is 0 Å². The van der Waals surface area contributed by atoms with Crippen LogP contribution in [0.1, 0.15) is 52.7 Å². The van der Waals surface area contributed by atoms with Crippen LogP contribution in [0.3, 0.4) is 0 Å². The number of fused-ring (bicyclic) bond motifs is 4. The van der Waals surface area contributed by atoms with Crippen LogP contribution in [0.2, 0.25) is 0 Å². The van der Waals surface area contributed by atoms with E-state index in [0.717, 1.165) is 44.7 Å². The molecule has 0 amide bonds. The molecule has 0 atom stereocenters. The molecule has 0 saturated heterocycles. The first-order chi connectivity index (χ1) is 21.0. The summed E-state index contributed by atoms with van der Waals surface area (Å²) in [7, 11) is 2.04. The molecule has 0 saturated carbocycles. The summed E-state index contributed by atoms with van der Waals surface area (Å²) in [5, 5.41) is 2.26. The first-order valence-electron chi connectivity index (χ1n) is 15.0. The number of pyridine rings is 2. The van der Waals surface area contributed by atoms with Gasteiger partial charge in [0.15, 0.2) is 0 Å². The number of benzene rings is 3. The molecule has 0 radical (unpaired) electrons. The average molecular weight is 774 g/mol. The molecule has 1 aliphatic rings. The van der Waals surface area contributed by atoms with Crippen molar-refractivity contribution in [1.29, 1.82) is 0 Å². The largest absolute Gasteiger partial charge is 0.504 e. The van der Waals surface area contributed by atoms with Crippen LogP contribution in [0.25, 0.3) is 27.6 Å². The van der Waals surface area contributed by atoms with Gasteiger partial charge in [0, 0.05) is 49.9 Å². The van der Waals surface area contributed by atoms with Gasteiger partial charge in [-0.25, -0.2) is 4.98 Å². The van der Waals surface area contributed by atoms with Crippen molar-refractivity contribution >= 4 is 38.9 Å². The SMILES string of the molecule is CN1[CH-]N(c2[c-]c(Oc3[c-]c4c(cc3)c3cc(C(C)(C)C)ccc3n4-c3cc(C(C)(C)C)ccn3)ncc2)c2ccccc21.[Pt]. The van der Waals surface area contributed by atoms with Crippen molar-refractivity contribution in [3.8, 4) is 17.4 Å². The quantitative estimate of drug-likeness (QED) is 0.167. The Kier molecular flexibility index (Phi) is 7.77. The Morgan fingerprint density at radius 3 is 2.20 bits per heavy atom. The Labute approximate surface area is 279 Å². The predicted octanol–water partition coefficient (Wildman–Crippen LogP) is 9.27. The maximum atomic E-state index is 6.33. The van der Waals surface area contributed by atoms with E-state index in [-0.39, 0.29) is 31.9 Å². The summed E-state index contributed by atoms with van der Waals surface area (Å²) in [6.07, 6.45) is 3.65. The van der Waals surface area contributed by atoms with Crippen LogP contribution < -0.4 is 14.5 Å². The van der Waals surface area contributed by atoms with Crippen molar-refractivity contribution in [2.24, 2.45) is 0 Å². The monoisotopic (exact) mass is 773 g/mol. The molecule has 45 heavy (non-hydrogen) atoms. The van der Waals surface area contributed by atoms with Gasteiger partial charge in [0.1, 0.15) is 11.7 Å². The normalized spacial score (nSPS) is 13.3. The van der Waals surface area contributed by atoms with Gasteiger partial charge in [-0.1, -0.05) is 71.3 Å². The average Bonchev–Trinajstić information content (AvgIpc) is 3.50. The molecule has 7 heteroatoms. The molecular formula is C38H36N5OPt-3. The van der Waals surface area contributed by atoms with Crippen LogP contribution in [0.4, 0.5) is 17.1 Å². The topological polar surface area (TPSA) is 46.4 Å². The van der Waals surface area contributed by atoms with E-state index in [1.165, 1.54) is 11.1 Å². The van der Waals surface area contributed by atoms with Gasteiger partial charge in [-0.2, -0.15) is 30.6 Å². The fraction of sp³-hybridized carbons (Fsp3) is 0.237. The first-order valence-corrected chi connectivity index (χ1v) is 15.0. The summed E-state index contributed by atoms with van der Waals surface area (Å²) >= 11 is 0. The van der Waals surface area contributed by atoms with Gasteiger partial charge in [0.05, 0.1) is 0 Å². The van der Waals surface area contributed by atoms with Gasteiger partial charge in [0.25, 0.3) is 0 Å². The van der Waals surface area contributed by atoms with Crippen molar-refractivity contribution < 1.29 is 25.8 Å². The molecule has 0 N–H and O–H groups in total. The van der Waals surface area contributed by atoms with Crippen molar-refractivity contribution in [3.05, 3.63) is 115 Å². The third kappa shape index (κ3) is 5.61. The van der Waals surface area contributed by atoms with Crippen LogP contribution in [0.5, 0.6) is 11.6 Å². The Morgan fingerprint density at radius 2 is 1.44 bits per heavy atom. The molecule has 232 valence electrons. The van der Waals surface area contributed by atoms with Gasteiger partial charge in [-0.3, -0.25) is 4.98 Å². The molecule has 0 unspecified atom stereocenters. The molecule has 1 aliphatic heterocycles. The van der Waals surface area contributed by atoms with Gasteiger partial charge in [-0.15, -0.1) is 17.5 Å². The second-order valence-electron chi connectivity index (χ2n) is 13.5. The molecule has 0 spiro atoms. The Balaban J connectivity index is 0.00000357. The van der Waals surface area contributed by atoms with Gasteiger partial charge < -0.3 is 19.1 Å². The van der Waals surface area contributed by atoms with Crippen LogP contribution in [-0.4, -0.2) is 21.6 Å². The Morgan fingerprint density at radius 1 is 0.733 bits per heavy atom. The summed E-state index contributed by atoms with van der Waals surface area (Å²) < 4.78 is 8.53. The molecule has 0 bridgehead atoms. The number of hydrogen-bond donors (Lipinski definition) is 0. The molecular weight excluding hydrogens is 738 g/mol. The van der Waals surface area contributed by atoms with Crippen LogP contribution >= 0.6 is 0 Å². The summed E-state index contributed by atoms with van der Waals surface area (Å²) in [4.78, 5) is 13.5. The van der Waals surface area contributed by atoms with Crippen molar-refractivity contribution in [2.45, 2.75) is 52.4 Å². The number of ether oxygens (including phenoxy) is 1. The second-order valence-corrected chi connectivity index (χ2v) is 13.5. The number of anilines is 3. The summed E-state index contributed by atoms with van der Waals surface area (Å²) in [5.74, 6) is 1.80. The van der Waals surface area contributed by atoms with Gasteiger partial charge >= 0.3 is 0 Å². The summed E-state index contributed by atoms with van der Waals surface area (Å²) in [6.45, 7) is 15.4. The number of aromatic nitrogens is 3. The van der Waals surface area contributed by atoms with Gasteiger partial charge in [-0.05, 0) is 70.9 Å². The van der Waals surface area contributed by atoms with E-state index in [4.69, 9.17) is 9.72 Å². The minimum atomic E-state index is -0.0115. The van der Waals surface area contributed by atoms with E-state index >= 15 is 0 Å².